The Morgan fingerprint density at radius 3 is 2.55 bits per heavy atom. The van der Waals surface area contributed by atoms with Gasteiger partial charge in [0.2, 0.25) is 0 Å². The Balaban J connectivity index is 1.35. The molecule has 0 aliphatic carbocycles. The number of carbonyl (C=O) groups is 2. The van der Waals surface area contributed by atoms with Crippen molar-refractivity contribution < 1.29 is 27.5 Å². The molecule has 4 aromatic rings. The van der Waals surface area contributed by atoms with Gasteiger partial charge in [0.1, 0.15) is 22.3 Å². The van der Waals surface area contributed by atoms with Gasteiger partial charge in [0.05, 0.1) is 42.5 Å². The molecule has 0 saturated carbocycles. The van der Waals surface area contributed by atoms with Crippen LogP contribution in [0.5, 0.6) is 5.75 Å². The molecule has 14 heteroatoms. The van der Waals surface area contributed by atoms with Crippen molar-refractivity contribution in [2.75, 3.05) is 12.4 Å². The second-order valence-corrected chi connectivity index (χ2v) is 10.4. The molecule has 5 rings (SSSR count). The summed E-state index contributed by atoms with van der Waals surface area (Å²) in [4.78, 5) is 44.7. The van der Waals surface area contributed by atoms with Crippen LogP contribution in [0.25, 0.3) is 11.1 Å². The topological polar surface area (TPSA) is 110 Å². The predicted molar refractivity (Wildman–Crippen MR) is 141 cm³/mol. The van der Waals surface area contributed by atoms with Crippen LogP contribution in [0.2, 0.25) is 5.15 Å². The smallest absolute Gasteiger partial charge is 0.433 e. The zero-order valence-corrected chi connectivity index (χ0v) is 22.8. The molecule has 4 aromatic heterocycles. The van der Waals surface area contributed by atoms with E-state index in [1.165, 1.54) is 48.7 Å². The van der Waals surface area contributed by atoms with Crippen LogP contribution in [-0.4, -0.2) is 43.8 Å². The molecule has 2 amide bonds. The molecule has 1 N–H and O–H groups in total. The number of fused-ring (bicyclic) bond motifs is 1. The number of amides is 2. The number of anilines is 1. The summed E-state index contributed by atoms with van der Waals surface area (Å²) in [5, 5.41) is 3.31. The number of rotatable bonds is 5. The van der Waals surface area contributed by atoms with E-state index >= 15 is 0 Å². The van der Waals surface area contributed by atoms with Crippen molar-refractivity contribution in [2.24, 2.45) is 0 Å². The number of hydrogen-bond donors (Lipinski definition) is 1. The molecule has 0 fully saturated rings. The fourth-order valence-corrected chi connectivity index (χ4v) is 5.35. The van der Waals surface area contributed by atoms with Crippen LogP contribution in [0.1, 0.15) is 48.4 Å². The first kappa shape index (κ1) is 27.5. The summed E-state index contributed by atoms with van der Waals surface area (Å²) < 4.78 is 44.8. The highest BCUT2D eigenvalue weighted by Gasteiger charge is 2.35. The van der Waals surface area contributed by atoms with Crippen LogP contribution in [0, 0.1) is 13.8 Å². The number of nitrogens with zero attached hydrogens (tertiary/aromatic N) is 5. The minimum absolute atomic E-state index is 0.0714. The number of halogens is 4. The number of thiazole rings is 1. The summed E-state index contributed by atoms with van der Waals surface area (Å²) in [6, 6.07) is 5.40. The Bertz CT molecular complexity index is 1640. The molecule has 0 radical (unpaired) electrons. The summed E-state index contributed by atoms with van der Waals surface area (Å²) >= 11 is 7.28. The van der Waals surface area contributed by atoms with Gasteiger partial charge in [-0.1, -0.05) is 29.0 Å². The fourth-order valence-electron chi connectivity index (χ4n) is 4.21. The predicted octanol–water partition coefficient (Wildman–Crippen LogP) is 5.70. The average molecular weight is 589 g/mol. The third kappa shape index (κ3) is 5.34. The van der Waals surface area contributed by atoms with Crippen molar-refractivity contribution in [2.45, 2.75) is 33.1 Å². The average Bonchev–Trinajstić information content (AvgIpc) is 3.46. The first-order chi connectivity index (χ1) is 18.9. The molecule has 1 aliphatic heterocycles. The fraction of sp³-hybridized carbons (Fsp3) is 0.231. The minimum Gasteiger partial charge on any atom is -0.494 e. The SMILES string of the molecule is COc1cnc(Cl)cc1-c1cc(C)ncc1C(=O)Nc1nc2c(s1)CN(C(=O)c1nc(C(F)(F)F)ccc1C)C2. The molecule has 5 heterocycles. The number of methoxy groups -OCH3 is 1. The van der Waals surface area contributed by atoms with Gasteiger partial charge in [-0.05, 0) is 37.6 Å². The number of ether oxygens (including phenoxy) is 1. The lowest BCUT2D eigenvalue weighted by Gasteiger charge is -2.17. The maximum atomic E-state index is 13.3. The molecule has 40 heavy (non-hydrogen) atoms. The van der Waals surface area contributed by atoms with Gasteiger partial charge in [-0.15, -0.1) is 0 Å². The van der Waals surface area contributed by atoms with E-state index in [9.17, 15) is 22.8 Å². The normalized spacial score (nSPS) is 12.8. The van der Waals surface area contributed by atoms with Crippen LogP contribution >= 0.6 is 22.9 Å². The molecular weight excluding hydrogens is 569 g/mol. The van der Waals surface area contributed by atoms with Crippen LogP contribution in [0.15, 0.2) is 36.7 Å². The van der Waals surface area contributed by atoms with Gasteiger partial charge in [-0.25, -0.2) is 15.0 Å². The molecule has 1 aliphatic rings. The molecule has 206 valence electrons. The first-order valence-corrected chi connectivity index (χ1v) is 12.9. The zero-order valence-electron chi connectivity index (χ0n) is 21.3. The van der Waals surface area contributed by atoms with E-state index in [-0.39, 0.29) is 29.5 Å². The number of nitrogens with one attached hydrogen (secondary N) is 1. The number of alkyl halides is 3. The third-order valence-electron chi connectivity index (χ3n) is 6.18. The van der Waals surface area contributed by atoms with Crippen LogP contribution in [0.4, 0.5) is 18.3 Å². The molecule has 0 atom stereocenters. The Morgan fingerprint density at radius 1 is 1.07 bits per heavy atom. The number of aromatic nitrogens is 4. The Kier molecular flexibility index (Phi) is 7.19. The molecule has 0 spiro atoms. The lowest BCUT2D eigenvalue weighted by molar-refractivity contribution is -0.141. The van der Waals surface area contributed by atoms with E-state index < -0.39 is 23.7 Å². The van der Waals surface area contributed by atoms with Gasteiger partial charge in [-0.2, -0.15) is 13.2 Å². The highest BCUT2D eigenvalue weighted by molar-refractivity contribution is 7.16. The van der Waals surface area contributed by atoms with E-state index in [4.69, 9.17) is 16.3 Å². The second kappa shape index (κ2) is 10.5. The van der Waals surface area contributed by atoms with Crippen molar-refractivity contribution in [3.63, 3.8) is 0 Å². The molecule has 0 bridgehead atoms. The standard InChI is InChI=1S/C26H20ClF3N6O3S/c1-12-4-5-20(26(28,29)30)34-22(12)24(38)36-10-17-19(11-36)40-25(33-17)35-23(37)16-8-31-13(2)6-14(16)15-7-21(27)32-9-18(15)39-3/h4-9H,10-11H2,1-3H3,(H,33,35,37). The summed E-state index contributed by atoms with van der Waals surface area (Å²) in [6.07, 6.45) is -1.76. The molecule has 9 nitrogen and oxygen atoms in total. The molecule has 0 unspecified atom stereocenters. The van der Waals surface area contributed by atoms with E-state index in [0.29, 0.717) is 43.8 Å². The van der Waals surface area contributed by atoms with Crippen LogP contribution < -0.4 is 10.1 Å². The van der Waals surface area contributed by atoms with Gasteiger partial charge < -0.3 is 9.64 Å². The van der Waals surface area contributed by atoms with Gasteiger partial charge >= 0.3 is 6.18 Å². The zero-order chi connectivity index (χ0) is 28.8. The number of aryl methyl sites for hydroxylation is 2. The maximum absolute atomic E-state index is 13.3. The summed E-state index contributed by atoms with van der Waals surface area (Å²) in [5.41, 5.74) is 1.52. The lowest BCUT2D eigenvalue weighted by Crippen LogP contribution is -2.28. The van der Waals surface area contributed by atoms with Gasteiger partial charge in [-0.3, -0.25) is 19.9 Å². The summed E-state index contributed by atoms with van der Waals surface area (Å²) in [7, 11) is 1.48. The Morgan fingerprint density at radius 2 is 1.85 bits per heavy atom. The van der Waals surface area contributed by atoms with Gasteiger partial charge in [0.15, 0.2) is 5.13 Å². The van der Waals surface area contributed by atoms with Gasteiger partial charge in [0, 0.05) is 23.0 Å². The lowest BCUT2D eigenvalue weighted by atomic mass is 10.0. The molecule has 0 aromatic carbocycles. The van der Waals surface area contributed by atoms with Crippen molar-refractivity contribution in [3.8, 4) is 16.9 Å². The van der Waals surface area contributed by atoms with Crippen LogP contribution in [-0.2, 0) is 19.3 Å². The summed E-state index contributed by atoms with van der Waals surface area (Å²) in [5.74, 6) is -0.672. The first-order valence-electron chi connectivity index (χ1n) is 11.7. The monoisotopic (exact) mass is 588 g/mol. The van der Waals surface area contributed by atoms with E-state index in [1.54, 1.807) is 19.1 Å². The van der Waals surface area contributed by atoms with E-state index in [1.807, 2.05) is 0 Å². The highest BCUT2D eigenvalue weighted by atomic mass is 35.5. The quantitative estimate of drug-likeness (QED) is 0.298. The number of hydrogen-bond acceptors (Lipinski definition) is 8. The maximum Gasteiger partial charge on any atom is 0.433 e. The van der Waals surface area contributed by atoms with E-state index in [0.717, 1.165) is 6.07 Å². The summed E-state index contributed by atoms with van der Waals surface area (Å²) in [6.45, 7) is 3.52. The van der Waals surface area contributed by atoms with Gasteiger partial charge in [0.25, 0.3) is 11.8 Å². The minimum atomic E-state index is -4.66. The molecular formula is C26H20ClF3N6O3S. The third-order valence-corrected chi connectivity index (χ3v) is 7.38. The second-order valence-electron chi connectivity index (χ2n) is 8.94. The van der Waals surface area contributed by atoms with Crippen molar-refractivity contribution in [1.29, 1.82) is 0 Å². The number of pyridine rings is 3. The Labute approximate surface area is 235 Å². The van der Waals surface area contributed by atoms with Crippen LogP contribution in [0.3, 0.4) is 0 Å². The highest BCUT2D eigenvalue weighted by Crippen LogP contribution is 2.36. The largest absolute Gasteiger partial charge is 0.494 e. The molecule has 0 saturated heterocycles. The number of carbonyl (C=O) groups excluding carboxylic acids is 2. The van der Waals surface area contributed by atoms with Crippen molar-refractivity contribution in [3.05, 3.63) is 80.6 Å². The van der Waals surface area contributed by atoms with Crippen molar-refractivity contribution >= 4 is 39.9 Å². The Hall–Kier alpha value is -4.10. The van der Waals surface area contributed by atoms with E-state index in [2.05, 4.69) is 25.3 Å². The van der Waals surface area contributed by atoms with Crippen molar-refractivity contribution in [1.82, 2.24) is 24.8 Å².